The molecule has 1 atom stereocenters. The van der Waals surface area contributed by atoms with E-state index in [4.69, 9.17) is 9.84 Å². The van der Waals surface area contributed by atoms with Gasteiger partial charge >= 0.3 is 0 Å². The Morgan fingerprint density at radius 2 is 2.38 bits per heavy atom. The molecule has 88 valence electrons. The Labute approximate surface area is 94.7 Å². The highest BCUT2D eigenvalue weighted by molar-refractivity contribution is 5.96. The Bertz CT molecular complexity index is 368. The Hall–Kier alpha value is -1.62. The number of ether oxygens (including phenoxy) is 1. The number of amides is 1. The molecule has 1 aromatic heterocycles. The molecule has 16 heavy (non-hydrogen) atoms. The molecule has 1 aromatic rings. The number of carbonyl (C=O) groups excluding carboxylic acids is 1. The third-order valence-corrected chi connectivity index (χ3v) is 2.44. The second-order valence-electron chi connectivity index (χ2n) is 3.51. The molecule has 0 aliphatic carbocycles. The van der Waals surface area contributed by atoms with Gasteiger partial charge in [-0.1, -0.05) is 0 Å². The van der Waals surface area contributed by atoms with E-state index < -0.39 is 0 Å². The highest BCUT2D eigenvalue weighted by atomic mass is 16.5. The van der Waals surface area contributed by atoms with Gasteiger partial charge in [-0.3, -0.25) is 4.79 Å². The fourth-order valence-corrected chi connectivity index (χ4v) is 1.23. The van der Waals surface area contributed by atoms with Crippen molar-refractivity contribution in [2.45, 2.75) is 13.0 Å². The van der Waals surface area contributed by atoms with Crippen molar-refractivity contribution < 1.29 is 14.6 Å². The van der Waals surface area contributed by atoms with E-state index >= 15 is 0 Å². The summed E-state index contributed by atoms with van der Waals surface area (Å²) in [5, 5.41) is 8.99. The number of aliphatic hydroxyl groups excluding tert-OH is 1. The van der Waals surface area contributed by atoms with Crippen LogP contribution in [0.5, 0.6) is 5.88 Å². The molecule has 1 heterocycles. The second kappa shape index (κ2) is 5.46. The van der Waals surface area contributed by atoms with Gasteiger partial charge in [0.25, 0.3) is 5.91 Å². The van der Waals surface area contributed by atoms with Crippen LogP contribution in [-0.4, -0.2) is 47.7 Å². The number of nitrogens with zero attached hydrogens (tertiary/aromatic N) is 2. The Morgan fingerprint density at radius 1 is 1.69 bits per heavy atom. The van der Waals surface area contributed by atoms with Gasteiger partial charge in [0.05, 0.1) is 19.8 Å². The molecule has 1 N–H and O–H groups in total. The lowest BCUT2D eigenvalue weighted by Gasteiger charge is -2.23. The van der Waals surface area contributed by atoms with Crippen molar-refractivity contribution in [1.29, 1.82) is 0 Å². The number of hydrogen-bond acceptors (Lipinski definition) is 4. The van der Waals surface area contributed by atoms with E-state index in [0.29, 0.717) is 11.4 Å². The number of methoxy groups -OCH3 is 1. The molecule has 0 saturated heterocycles. The molecule has 0 fully saturated rings. The van der Waals surface area contributed by atoms with Crippen LogP contribution < -0.4 is 4.74 Å². The molecule has 0 aliphatic rings. The Kier molecular flexibility index (Phi) is 4.25. The minimum absolute atomic E-state index is 0.0786. The van der Waals surface area contributed by atoms with Crippen molar-refractivity contribution >= 4 is 5.91 Å². The number of aromatic nitrogens is 1. The fourth-order valence-electron chi connectivity index (χ4n) is 1.23. The Balaban J connectivity index is 2.95. The molecule has 0 aromatic carbocycles. The average Bonchev–Trinajstić information content (AvgIpc) is 2.35. The summed E-state index contributed by atoms with van der Waals surface area (Å²) in [5.41, 5.74) is 0.396. The van der Waals surface area contributed by atoms with Crippen molar-refractivity contribution in [2.24, 2.45) is 0 Å². The zero-order valence-electron chi connectivity index (χ0n) is 9.67. The van der Waals surface area contributed by atoms with Gasteiger partial charge < -0.3 is 14.7 Å². The first-order chi connectivity index (χ1) is 7.61. The topological polar surface area (TPSA) is 62.7 Å². The molecule has 0 spiro atoms. The van der Waals surface area contributed by atoms with Crippen LogP contribution in [-0.2, 0) is 0 Å². The van der Waals surface area contributed by atoms with Crippen molar-refractivity contribution in [3.05, 3.63) is 23.9 Å². The monoisotopic (exact) mass is 224 g/mol. The Morgan fingerprint density at radius 3 is 2.94 bits per heavy atom. The van der Waals surface area contributed by atoms with Crippen LogP contribution in [0.4, 0.5) is 0 Å². The van der Waals surface area contributed by atoms with E-state index in [1.54, 1.807) is 32.3 Å². The summed E-state index contributed by atoms with van der Waals surface area (Å²) in [6.45, 7) is 1.69. The summed E-state index contributed by atoms with van der Waals surface area (Å²) < 4.78 is 5.01. The summed E-state index contributed by atoms with van der Waals surface area (Å²) in [6, 6.07) is 3.08. The molecule has 5 nitrogen and oxygen atoms in total. The zero-order valence-corrected chi connectivity index (χ0v) is 9.67. The van der Waals surface area contributed by atoms with E-state index in [2.05, 4.69) is 4.98 Å². The predicted molar refractivity (Wildman–Crippen MR) is 59.4 cm³/mol. The van der Waals surface area contributed by atoms with Gasteiger partial charge in [0, 0.05) is 13.2 Å². The third kappa shape index (κ3) is 2.49. The predicted octanol–water partition coefficient (Wildman–Crippen LogP) is 0.543. The van der Waals surface area contributed by atoms with E-state index in [1.165, 1.54) is 12.0 Å². The molecule has 0 saturated carbocycles. The SMILES string of the molecule is COc1ncccc1C(=O)N(C)C(C)CO. The number of aliphatic hydroxyl groups is 1. The minimum atomic E-state index is -0.239. The first-order valence-electron chi connectivity index (χ1n) is 4.98. The molecule has 1 unspecified atom stereocenters. The normalized spacial score (nSPS) is 12.0. The lowest BCUT2D eigenvalue weighted by Crippen LogP contribution is -2.37. The standard InChI is InChI=1S/C11H16N2O3/c1-8(7-14)13(2)11(15)9-5-4-6-12-10(9)16-3/h4-6,8,14H,7H2,1-3H3. The molecular weight excluding hydrogens is 208 g/mol. The zero-order chi connectivity index (χ0) is 12.1. The van der Waals surface area contributed by atoms with Crippen molar-refractivity contribution in [1.82, 2.24) is 9.88 Å². The molecule has 0 aliphatic heterocycles. The maximum absolute atomic E-state index is 12.0. The number of pyridine rings is 1. The van der Waals surface area contributed by atoms with Crippen LogP contribution >= 0.6 is 0 Å². The third-order valence-electron chi connectivity index (χ3n) is 2.44. The first-order valence-corrected chi connectivity index (χ1v) is 4.98. The number of likely N-dealkylation sites (N-methyl/N-ethyl adjacent to an activating group) is 1. The van der Waals surface area contributed by atoms with Crippen LogP contribution in [0.2, 0.25) is 0 Å². The van der Waals surface area contributed by atoms with Crippen molar-refractivity contribution in [3.63, 3.8) is 0 Å². The molecule has 1 rings (SSSR count). The number of rotatable bonds is 4. The molecule has 1 amide bonds. The van der Waals surface area contributed by atoms with Gasteiger partial charge in [-0.05, 0) is 19.1 Å². The van der Waals surface area contributed by atoms with Crippen molar-refractivity contribution in [2.75, 3.05) is 20.8 Å². The molecule has 0 bridgehead atoms. The van der Waals surface area contributed by atoms with E-state index in [-0.39, 0.29) is 18.6 Å². The smallest absolute Gasteiger partial charge is 0.259 e. The van der Waals surface area contributed by atoms with Gasteiger partial charge in [0.1, 0.15) is 5.56 Å². The average molecular weight is 224 g/mol. The molecule has 5 heteroatoms. The summed E-state index contributed by atoms with van der Waals surface area (Å²) >= 11 is 0. The maximum Gasteiger partial charge on any atom is 0.259 e. The van der Waals surface area contributed by atoms with Crippen LogP contribution in [0.1, 0.15) is 17.3 Å². The van der Waals surface area contributed by atoms with Gasteiger partial charge in [0.15, 0.2) is 0 Å². The van der Waals surface area contributed by atoms with Crippen LogP contribution in [0.25, 0.3) is 0 Å². The highest BCUT2D eigenvalue weighted by Gasteiger charge is 2.20. The van der Waals surface area contributed by atoms with Crippen LogP contribution in [0.3, 0.4) is 0 Å². The fraction of sp³-hybridized carbons (Fsp3) is 0.455. The van der Waals surface area contributed by atoms with E-state index in [1.807, 2.05) is 0 Å². The summed E-state index contributed by atoms with van der Waals surface area (Å²) in [6.07, 6.45) is 1.56. The minimum Gasteiger partial charge on any atom is -0.480 e. The van der Waals surface area contributed by atoms with Crippen LogP contribution in [0, 0.1) is 0 Å². The largest absolute Gasteiger partial charge is 0.480 e. The summed E-state index contributed by atoms with van der Waals surface area (Å²) in [4.78, 5) is 17.4. The number of hydrogen-bond donors (Lipinski definition) is 1. The summed E-state index contributed by atoms with van der Waals surface area (Å²) in [7, 11) is 3.10. The van der Waals surface area contributed by atoms with E-state index in [9.17, 15) is 4.79 Å². The van der Waals surface area contributed by atoms with Gasteiger partial charge in [0.2, 0.25) is 5.88 Å². The summed E-state index contributed by atoms with van der Waals surface area (Å²) in [5.74, 6) is 0.0796. The maximum atomic E-state index is 12.0. The molecular formula is C11H16N2O3. The van der Waals surface area contributed by atoms with Crippen LogP contribution in [0.15, 0.2) is 18.3 Å². The molecule has 0 radical (unpaired) electrons. The van der Waals surface area contributed by atoms with Gasteiger partial charge in [-0.2, -0.15) is 0 Å². The number of carbonyl (C=O) groups is 1. The lowest BCUT2D eigenvalue weighted by molar-refractivity contribution is 0.0678. The first kappa shape index (κ1) is 12.4. The van der Waals surface area contributed by atoms with Gasteiger partial charge in [-0.15, -0.1) is 0 Å². The lowest BCUT2D eigenvalue weighted by atomic mass is 10.2. The van der Waals surface area contributed by atoms with Crippen molar-refractivity contribution in [3.8, 4) is 5.88 Å². The second-order valence-corrected chi connectivity index (χ2v) is 3.51. The quantitative estimate of drug-likeness (QED) is 0.811. The van der Waals surface area contributed by atoms with E-state index in [0.717, 1.165) is 0 Å². The highest BCUT2D eigenvalue weighted by Crippen LogP contribution is 2.16. The van der Waals surface area contributed by atoms with Gasteiger partial charge in [-0.25, -0.2) is 4.98 Å².